The van der Waals surface area contributed by atoms with Crippen LogP contribution in [0.1, 0.15) is 24.0 Å². The number of aromatic nitrogens is 4. The van der Waals surface area contributed by atoms with Crippen LogP contribution in [0.3, 0.4) is 0 Å². The van der Waals surface area contributed by atoms with E-state index in [0.29, 0.717) is 12.2 Å². The van der Waals surface area contributed by atoms with Crippen LogP contribution in [-0.2, 0) is 17.8 Å². The predicted molar refractivity (Wildman–Crippen MR) is 105 cm³/mol. The zero-order valence-corrected chi connectivity index (χ0v) is 16.5. The molecule has 7 nitrogen and oxygen atoms in total. The third-order valence-corrected chi connectivity index (χ3v) is 5.00. The maximum Gasteiger partial charge on any atom is 0.573 e. The number of likely N-dealkylation sites (tertiary alicyclic amines) is 1. The second-order valence-electron chi connectivity index (χ2n) is 7.26. The van der Waals surface area contributed by atoms with Crippen LogP contribution in [0.2, 0.25) is 0 Å². The van der Waals surface area contributed by atoms with Crippen molar-refractivity contribution < 1.29 is 22.7 Å². The van der Waals surface area contributed by atoms with Crippen LogP contribution in [0.15, 0.2) is 48.5 Å². The molecule has 0 spiro atoms. The Labute approximate surface area is 176 Å². The van der Waals surface area contributed by atoms with Crippen molar-refractivity contribution in [1.29, 1.82) is 0 Å². The minimum Gasteiger partial charge on any atom is -0.406 e. The third kappa shape index (κ3) is 5.39. The van der Waals surface area contributed by atoms with E-state index in [1.807, 2.05) is 24.3 Å². The highest BCUT2D eigenvalue weighted by Gasteiger charge is 2.31. The molecule has 1 aliphatic heterocycles. The van der Waals surface area contributed by atoms with Crippen LogP contribution in [0.4, 0.5) is 13.2 Å². The minimum absolute atomic E-state index is 0.0316. The van der Waals surface area contributed by atoms with Crippen molar-refractivity contribution in [3.05, 3.63) is 59.7 Å². The van der Waals surface area contributed by atoms with Gasteiger partial charge in [-0.2, -0.15) is 4.80 Å². The van der Waals surface area contributed by atoms with E-state index in [-0.39, 0.29) is 18.2 Å². The van der Waals surface area contributed by atoms with E-state index < -0.39 is 6.36 Å². The summed E-state index contributed by atoms with van der Waals surface area (Å²) in [7, 11) is 0. The molecule has 0 saturated carbocycles. The van der Waals surface area contributed by atoms with Crippen LogP contribution >= 0.6 is 0 Å². The first kappa shape index (κ1) is 20.8. The largest absolute Gasteiger partial charge is 0.573 e. The molecule has 1 amide bonds. The number of amides is 1. The van der Waals surface area contributed by atoms with E-state index in [2.05, 4.69) is 20.1 Å². The molecule has 0 N–H and O–H groups in total. The van der Waals surface area contributed by atoms with Gasteiger partial charge in [-0.25, -0.2) is 0 Å². The fourth-order valence-corrected chi connectivity index (χ4v) is 3.53. The highest BCUT2D eigenvalue weighted by atomic mass is 19.4. The number of nitrogens with zero attached hydrogens (tertiary/aromatic N) is 5. The molecule has 4 rings (SSSR count). The highest BCUT2D eigenvalue weighted by molar-refractivity contribution is 5.76. The van der Waals surface area contributed by atoms with Crippen molar-refractivity contribution in [2.45, 2.75) is 32.2 Å². The Bertz CT molecular complexity index is 1040. The summed E-state index contributed by atoms with van der Waals surface area (Å²) in [5.41, 5.74) is 2.44. The Hall–Kier alpha value is -3.43. The number of rotatable bonds is 6. The van der Waals surface area contributed by atoms with Crippen LogP contribution in [0.25, 0.3) is 11.4 Å². The molecule has 0 aliphatic carbocycles. The number of carbonyl (C=O) groups excluding carboxylic acids is 1. The number of hydrogen-bond donors (Lipinski definition) is 0. The molecule has 0 radical (unpaired) electrons. The molecule has 1 fully saturated rings. The van der Waals surface area contributed by atoms with Gasteiger partial charge in [0.05, 0.1) is 0 Å². The number of halogens is 3. The first-order valence-electron chi connectivity index (χ1n) is 9.86. The van der Waals surface area contributed by atoms with Gasteiger partial charge in [-0.3, -0.25) is 4.79 Å². The van der Waals surface area contributed by atoms with E-state index in [1.165, 1.54) is 16.9 Å². The quantitative estimate of drug-likeness (QED) is 0.598. The van der Waals surface area contributed by atoms with Gasteiger partial charge in [-0.05, 0) is 47.7 Å². The summed E-state index contributed by atoms with van der Waals surface area (Å²) in [6.07, 6.45) is -2.23. The van der Waals surface area contributed by atoms with Gasteiger partial charge >= 0.3 is 6.36 Å². The Balaban J connectivity index is 1.47. The molecule has 3 aromatic rings. The number of ether oxygens (including phenoxy) is 1. The van der Waals surface area contributed by atoms with Gasteiger partial charge in [-0.15, -0.1) is 23.4 Å². The average molecular weight is 431 g/mol. The number of alkyl halides is 3. The monoisotopic (exact) mass is 431 g/mol. The summed E-state index contributed by atoms with van der Waals surface area (Å²) in [5.74, 6) is 0.0922. The maximum absolute atomic E-state index is 12.3. The van der Waals surface area contributed by atoms with Gasteiger partial charge in [0, 0.05) is 18.7 Å². The number of benzene rings is 2. The lowest BCUT2D eigenvalue weighted by Gasteiger charge is -2.13. The Morgan fingerprint density at radius 3 is 2.45 bits per heavy atom. The van der Waals surface area contributed by atoms with Gasteiger partial charge in [0.25, 0.3) is 0 Å². The molecule has 1 saturated heterocycles. The standard InChI is InChI=1S/C21H20F3N5O2/c22-21(23,24)31-17-9-7-15(8-10-17)13-16-5-1-2-6-18(16)20-25-27-29(26-20)14-19(30)28-11-3-4-12-28/h1-2,5-10H,3-4,11-14H2. The summed E-state index contributed by atoms with van der Waals surface area (Å²) in [6.45, 7) is 1.56. The SMILES string of the molecule is O=C(Cn1nnc(-c2ccccc2Cc2ccc(OC(F)(F)F)cc2)n1)N1CCCC1. The normalized spacial score (nSPS) is 14.1. The van der Waals surface area contributed by atoms with Crippen LogP contribution in [-0.4, -0.2) is 50.5 Å². The maximum atomic E-state index is 12.3. The molecule has 0 atom stereocenters. The first-order valence-corrected chi connectivity index (χ1v) is 9.86. The lowest BCUT2D eigenvalue weighted by Crippen LogP contribution is -2.31. The second kappa shape index (κ2) is 8.75. The van der Waals surface area contributed by atoms with Crippen molar-refractivity contribution in [2.24, 2.45) is 0 Å². The molecule has 10 heteroatoms. The van der Waals surface area contributed by atoms with E-state index in [4.69, 9.17) is 0 Å². The molecule has 2 heterocycles. The smallest absolute Gasteiger partial charge is 0.406 e. The number of hydrogen-bond acceptors (Lipinski definition) is 5. The zero-order valence-electron chi connectivity index (χ0n) is 16.5. The van der Waals surface area contributed by atoms with E-state index in [1.54, 1.807) is 17.0 Å². The van der Waals surface area contributed by atoms with Gasteiger partial charge in [0.15, 0.2) is 0 Å². The van der Waals surface area contributed by atoms with Crippen molar-refractivity contribution in [3.63, 3.8) is 0 Å². The van der Waals surface area contributed by atoms with Gasteiger partial charge in [0.2, 0.25) is 11.7 Å². The van der Waals surface area contributed by atoms with Crippen LogP contribution in [0, 0.1) is 0 Å². The molecular formula is C21H20F3N5O2. The Morgan fingerprint density at radius 2 is 1.74 bits per heavy atom. The summed E-state index contributed by atoms with van der Waals surface area (Å²) in [5, 5.41) is 12.4. The van der Waals surface area contributed by atoms with Gasteiger partial charge in [-0.1, -0.05) is 36.4 Å². The average Bonchev–Trinajstić information content (AvgIpc) is 3.41. The van der Waals surface area contributed by atoms with Crippen molar-refractivity contribution >= 4 is 5.91 Å². The molecular weight excluding hydrogens is 411 g/mol. The number of tetrazole rings is 1. The fourth-order valence-electron chi connectivity index (χ4n) is 3.53. The van der Waals surface area contributed by atoms with Crippen LogP contribution < -0.4 is 4.74 Å². The van der Waals surface area contributed by atoms with Crippen molar-refractivity contribution in [1.82, 2.24) is 25.1 Å². The summed E-state index contributed by atoms with van der Waals surface area (Å²) in [6, 6.07) is 13.2. The zero-order chi connectivity index (χ0) is 21.8. The summed E-state index contributed by atoms with van der Waals surface area (Å²) >= 11 is 0. The van der Waals surface area contributed by atoms with Crippen molar-refractivity contribution in [2.75, 3.05) is 13.1 Å². The predicted octanol–water partition coefficient (Wildman–Crippen LogP) is 3.45. The molecule has 0 bridgehead atoms. The molecule has 1 aliphatic rings. The molecule has 31 heavy (non-hydrogen) atoms. The van der Waals surface area contributed by atoms with Crippen molar-refractivity contribution in [3.8, 4) is 17.1 Å². The minimum atomic E-state index is -4.72. The van der Waals surface area contributed by atoms with Gasteiger partial charge < -0.3 is 9.64 Å². The third-order valence-electron chi connectivity index (χ3n) is 5.00. The fraction of sp³-hybridized carbons (Fsp3) is 0.333. The summed E-state index contributed by atoms with van der Waals surface area (Å²) in [4.78, 5) is 15.4. The van der Waals surface area contributed by atoms with Crippen LogP contribution in [0.5, 0.6) is 5.75 Å². The highest BCUT2D eigenvalue weighted by Crippen LogP contribution is 2.26. The lowest BCUT2D eigenvalue weighted by molar-refractivity contribution is -0.274. The Morgan fingerprint density at radius 1 is 1.03 bits per heavy atom. The second-order valence-corrected chi connectivity index (χ2v) is 7.26. The van der Waals surface area contributed by atoms with E-state index in [9.17, 15) is 18.0 Å². The molecule has 1 aromatic heterocycles. The molecule has 162 valence electrons. The molecule has 0 unspecified atom stereocenters. The van der Waals surface area contributed by atoms with Gasteiger partial charge in [0.1, 0.15) is 12.3 Å². The van der Waals surface area contributed by atoms with E-state index >= 15 is 0 Å². The number of carbonyl (C=O) groups is 1. The van der Waals surface area contributed by atoms with E-state index in [0.717, 1.165) is 42.6 Å². The summed E-state index contributed by atoms with van der Waals surface area (Å²) < 4.78 is 40.9. The lowest BCUT2D eigenvalue weighted by atomic mass is 9.99. The topological polar surface area (TPSA) is 73.1 Å². The Kier molecular flexibility index (Phi) is 5.88. The molecule has 2 aromatic carbocycles. The first-order chi connectivity index (χ1) is 14.9.